The maximum absolute atomic E-state index is 13.3. The normalized spacial score (nSPS) is 24.8. The molecule has 1 N–H and O–H groups in total. The Balaban J connectivity index is 1.22. The molecular formula is C24H26F2N4O2. The molecule has 2 bridgehead atoms. The van der Waals surface area contributed by atoms with Crippen molar-refractivity contribution in [1.29, 1.82) is 0 Å². The molecule has 0 saturated carbocycles. The lowest BCUT2D eigenvalue weighted by Gasteiger charge is -2.52. The molecule has 2 amide bonds. The minimum atomic E-state index is -0.674. The van der Waals surface area contributed by atoms with Crippen LogP contribution in [0.25, 0.3) is 0 Å². The number of aromatic nitrogens is 1. The van der Waals surface area contributed by atoms with Crippen molar-refractivity contribution >= 4 is 17.6 Å². The molecule has 5 rings (SSSR count). The Morgan fingerprint density at radius 3 is 2.69 bits per heavy atom. The molecule has 0 aliphatic carbocycles. The van der Waals surface area contributed by atoms with Gasteiger partial charge in [0.2, 0.25) is 5.91 Å². The van der Waals surface area contributed by atoms with Gasteiger partial charge in [-0.1, -0.05) is 0 Å². The molecule has 3 aliphatic heterocycles. The van der Waals surface area contributed by atoms with Crippen molar-refractivity contribution in [2.75, 3.05) is 24.5 Å². The van der Waals surface area contributed by atoms with Crippen LogP contribution in [0.3, 0.4) is 0 Å². The third kappa shape index (κ3) is 4.18. The summed E-state index contributed by atoms with van der Waals surface area (Å²) in [5.41, 5.74) is 0.752. The first-order valence-electron chi connectivity index (χ1n) is 11.2. The Morgan fingerprint density at radius 1 is 1.12 bits per heavy atom. The first kappa shape index (κ1) is 20.8. The number of hydrogen-bond donors (Lipinski definition) is 1. The second-order valence-electron chi connectivity index (χ2n) is 9.14. The summed E-state index contributed by atoms with van der Waals surface area (Å²) in [6, 6.07) is 7.10. The van der Waals surface area contributed by atoms with E-state index in [1.165, 1.54) is 18.3 Å². The van der Waals surface area contributed by atoms with E-state index >= 15 is 0 Å². The summed E-state index contributed by atoms with van der Waals surface area (Å²) in [5, 5.41) is 2.67. The van der Waals surface area contributed by atoms with Gasteiger partial charge >= 0.3 is 0 Å². The third-order valence-corrected chi connectivity index (χ3v) is 6.89. The largest absolute Gasteiger partial charge is 0.356 e. The highest BCUT2D eigenvalue weighted by Gasteiger charge is 2.44. The maximum atomic E-state index is 13.3. The summed E-state index contributed by atoms with van der Waals surface area (Å²) in [7, 11) is 0. The van der Waals surface area contributed by atoms with E-state index in [9.17, 15) is 18.4 Å². The predicted octanol–water partition coefficient (Wildman–Crippen LogP) is 3.13. The second kappa shape index (κ2) is 8.48. The minimum Gasteiger partial charge on any atom is -0.356 e. The van der Waals surface area contributed by atoms with Gasteiger partial charge in [0.25, 0.3) is 5.91 Å². The van der Waals surface area contributed by atoms with Crippen LogP contribution in [0.15, 0.2) is 36.5 Å². The maximum Gasteiger partial charge on any atom is 0.253 e. The average molecular weight is 440 g/mol. The van der Waals surface area contributed by atoms with Gasteiger partial charge in [-0.25, -0.2) is 13.8 Å². The van der Waals surface area contributed by atoms with E-state index in [-0.39, 0.29) is 12.5 Å². The number of piperidine rings is 3. The summed E-state index contributed by atoms with van der Waals surface area (Å²) < 4.78 is 26.6. The van der Waals surface area contributed by atoms with Gasteiger partial charge in [-0.05, 0) is 60.9 Å². The zero-order valence-electron chi connectivity index (χ0n) is 17.8. The van der Waals surface area contributed by atoms with Crippen LogP contribution in [0.4, 0.5) is 14.6 Å². The van der Waals surface area contributed by atoms with Gasteiger partial charge in [-0.2, -0.15) is 0 Å². The number of carbonyl (C=O) groups excluding carboxylic acids is 2. The highest BCUT2D eigenvalue weighted by molar-refractivity contribution is 5.94. The number of halogens is 2. The summed E-state index contributed by atoms with van der Waals surface area (Å²) >= 11 is 0. The number of pyridine rings is 1. The standard InChI is InChI=1S/C24H26F2N4O2/c25-19-7-15(8-20(26)9-19)10-28-24(32)17-4-5-22(27-11-17)29-12-16-6-18(14-29)21-2-1-3-23(31)30(21)13-16/h4-5,7-9,11,16,18,21H,1-3,6,10,12-14H2,(H,28,32)/t16?,18?,21-/m1/s1. The van der Waals surface area contributed by atoms with Crippen LogP contribution < -0.4 is 10.2 Å². The van der Waals surface area contributed by atoms with E-state index in [0.29, 0.717) is 41.3 Å². The van der Waals surface area contributed by atoms with Crippen LogP contribution in [-0.2, 0) is 11.3 Å². The Hall–Kier alpha value is -3.03. The van der Waals surface area contributed by atoms with Gasteiger partial charge in [0.15, 0.2) is 0 Å². The monoisotopic (exact) mass is 440 g/mol. The SMILES string of the molecule is O=C(NCc1cc(F)cc(F)c1)c1ccc(N2CC3CC(C2)[C@H]2CCCC(=O)N2C3)nc1. The fourth-order valence-electron chi connectivity index (χ4n) is 5.50. The highest BCUT2D eigenvalue weighted by atomic mass is 19.1. The number of carbonyl (C=O) groups is 2. The number of nitrogens with one attached hydrogen (secondary N) is 1. The van der Waals surface area contributed by atoms with Crippen LogP contribution in [0, 0.1) is 23.5 Å². The van der Waals surface area contributed by atoms with Crippen LogP contribution in [0.1, 0.15) is 41.6 Å². The summed E-state index contributed by atoms with van der Waals surface area (Å²) in [4.78, 5) is 33.7. The number of benzene rings is 1. The van der Waals surface area contributed by atoms with Gasteiger partial charge in [-0.3, -0.25) is 9.59 Å². The number of rotatable bonds is 4. The molecule has 2 aromatic rings. The first-order valence-corrected chi connectivity index (χ1v) is 11.2. The molecule has 0 spiro atoms. The van der Waals surface area contributed by atoms with Gasteiger partial charge in [0.1, 0.15) is 17.5 Å². The van der Waals surface area contributed by atoms with E-state index in [4.69, 9.17) is 0 Å². The van der Waals surface area contributed by atoms with Crippen molar-refractivity contribution in [1.82, 2.24) is 15.2 Å². The molecule has 3 aliphatic rings. The van der Waals surface area contributed by atoms with Crippen LogP contribution in [0.5, 0.6) is 0 Å². The number of amides is 2. The molecule has 6 nitrogen and oxygen atoms in total. The van der Waals surface area contributed by atoms with Gasteiger partial charge in [-0.15, -0.1) is 0 Å². The lowest BCUT2D eigenvalue weighted by molar-refractivity contribution is -0.142. The first-order chi connectivity index (χ1) is 15.5. The Labute approximate surface area is 185 Å². The molecule has 3 fully saturated rings. The van der Waals surface area contributed by atoms with E-state index in [1.54, 1.807) is 6.07 Å². The quantitative estimate of drug-likeness (QED) is 0.794. The van der Waals surface area contributed by atoms with Gasteiger partial charge in [0, 0.05) is 50.9 Å². The van der Waals surface area contributed by atoms with E-state index in [0.717, 1.165) is 50.8 Å². The summed E-state index contributed by atoms with van der Waals surface area (Å²) in [6.07, 6.45) is 5.44. The van der Waals surface area contributed by atoms with Crippen LogP contribution in [0.2, 0.25) is 0 Å². The predicted molar refractivity (Wildman–Crippen MR) is 115 cm³/mol. The molecule has 168 valence electrons. The van der Waals surface area contributed by atoms with Gasteiger partial charge < -0.3 is 15.1 Å². The lowest BCUT2D eigenvalue weighted by atomic mass is 9.76. The average Bonchev–Trinajstić information content (AvgIpc) is 2.78. The molecule has 3 saturated heterocycles. The van der Waals surface area contributed by atoms with Crippen LogP contribution >= 0.6 is 0 Å². The van der Waals surface area contributed by atoms with Crippen molar-refractivity contribution in [3.8, 4) is 0 Å². The fraction of sp³-hybridized carbons (Fsp3) is 0.458. The third-order valence-electron chi connectivity index (χ3n) is 6.89. The molecule has 2 unspecified atom stereocenters. The molecule has 3 atom stereocenters. The number of fused-ring (bicyclic) bond motifs is 4. The number of hydrogen-bond acceptors (Lipinski definition) is 4. The second-order valence-corrected chi connectivity index (χ2v) is 9.14. The van der Waals surface area contributed by atoms with Crippen LogP contribution in [-0.4, -0.2) is 47.4 Å². The molecule has 1 aromatic carbocycles. The number of anilines is 1. The van der Waals surface area contributed by atoms with Crippen molar-refractivity contribution in [2.24, 2.45) is 11.8 Å². The van der Waals surface area contributed by atoms with Crippen molar-refractivity contribution in [2.45, 2.75) is 38.3 Å². The molecule has 4 heterocycles. The van der Waals surface area contributed by atoms with E-state index in [1.807, 2.05) is 6.07 Å². The Morgan fingerprint density at radius 2 is 1.94 bits per heavy atom. The molecule has 0 radical (unpaired) electrons. The topological polar surface area (TPSA) is 65.5 Å². The minimum absolute atomic E-state index is 0.0291. The molecule has 32 heavy (non-hydrogen) atoms. The van der Waals surface area contributed by atoms with Crippen molar-refractivity contribution < 1.29 is 18.4 Å². The Bertz CT molecular complexity index is 1010. The fourth-order valence-corrected chi connectivity index (χ4v) is 5.50. The smallest absolute Gasteiger partial charge is 0.253 e. The number of nitrogens with zero attached hydrogens (tertiary/aromatic N) is 3. The molecule has 1 aromatic heterocycles. The lowest BCUT2D eigenvalue weighted by Crippen LogP contribution is -2.60. The van der Waals surface area contributed by atoms with Crippen molar-refractivity contribution in [3.63, 3.8) is 0 Å². The zero-order chi connectivity index (χ0) is 22.2. The Kier molecular flexibility index (Phi) is 5.53. The zero-order valence-corrected chi connectivity index (χ0v) is 17.8. The van der Waals surface area contributed by atoms with E-state index in [2.05, 4.69) is 20.1 Å². The summed E-state index contributed by atoms with van der Waals surface area (Å²) in [6.45, 7) is 2.59. The summed E-state index contributed by atoms with van der Waals surface area (Å²) in [5.74, 6) is 0.352. The van der Waals surface area contributed by atoms with Gasteiger partial charge in [0.05, 0.1) is 5.56 Å². The van der Waals surface area contributed by atoms with Crippen molar-refractivity contribution in [3.05, 3.63) is 59.3 Å². The van der Waals surface area contributed by atoms with E-state index < -0.39 is 11.6 Å². The molecular weight excluding hydrogens is 414 g/mol. The highest BCUT2D eigenvalue weighted by Crippen LogP contribution is 2.38. The molecule has 8 heteroatoms.